The van der Waals surface area contributed by atoms with E-state index >= 15 is 0 Å². The third kappa shape index (κ3) is 4.77. The van der Waals surface area contributed by atoms with Gasteiger partial charge in [0.2, 0.25) is 5.82 Å². The van der Waals surface area contributed by atoms with E-state index in [0.29, 0.717) is 39.4 Å². The molecule has 2 atom stereocenters. The van der Waals surface area contributed by atoms with Gasteiger partial charge in [-0.25, -0.2) is 14.8 Å². The van der Waals surface area contributed by atoms with Gasteiger partial charge in [0.15, 0.2) is 11.6 Å². The van der Waals surface area contributed by atoms with Crippen molar-refractivity contribution < 1.29 is 23.1 Å². The van der Waals surface area contributed by atoms with Crippen LogP contribution in [0.3, 0.4) is 0 Å². The molecule has 1 fully saturated rings. The quantitative estimate of drug-likeness (QED) is 0.327. The highest BCUT2D eigenvalue weighted by atomic mass is 35.5. The fourth-order valence-corrected chi connectivity index (χ4v) is 5.05. The Morgan fingerprint density at radius 1 is 1.22 bits per heavy atom. The molecule has 0 spiro atoms. The van der Waals surface area contributed by atoms with Crippen molar-refractivity contribution >= 4 is 34.9 Å². The summed E-state index contributed by atoms with van der Waals surface area (Å²) in [6, 6.07) is 12.2. The van der Waals surface area contributed by atoms with Crippen molar-refractivity contribution in [1.82, 2.24) is 9.97 Å². The highest BCUT2D eigenvalue weighted by Crippen LogP contribution is 2.50. The summed E-state index contributed by atoms with van der Waals surface area (Å²) in [4.78, 5) is 22.4. The molecule has 2 heterocycles. The van der Waals surface area contributed by atoms with Gasteiger partial charge < -0.3 is 20.6 Å². The van der Waals surface area contributed by atoms with Crippen LogP contribution in [0, 0.1) is 5.92 Å². The number of rotatable bonds is 7. The number of aromatic carboxylic acids is 1. The number of carboxylic acids is 1. The lowest BCUT2D eigenvalue weighted by Gasteiger charge is -2.38. The van der Waals surface area contributed by atoms with Gasteiger partial charge in [-0.3, -0.25) is 0 Å². The predicted molar refractivity (Wildman–Crippen MR) is 135 cm³/mol. The van der Waals surface area contributed by atoms with Crippen LogP contribution in [-0.4, -0.2) is 27.1 Å². The Labute approximate surface area is 216 Å². The first-order chi connectivity index (χ1) is 17.5. The van der Waals surface area contributed by atoms with E-state index in [1.165, 1.54) is 12.1 Å². The number of benzene rings is 2. The minimum Gasteiger partial charge on any atom is -0.475 e. The van der Waals surface area contributed by atoms with Crippen molar-refractivity contribution in [2.75, 3.05) is 15.5 Å². The van der Waals surface area contributed by atoms with Crippen LogP contribution < -0.4 is 15.5 Å². The Morgan fingerprint density at radius 2 is 1.89 bits per heavy atom. The fourth-order valence-electron chi connectivity index (χ4n) is 4.73. The number of fused-ring (bicyclic) bond motifs is 1. The van der Waals surface area contributed by atoms with Gasteiger partial charge in [-0.2, -0.15) is 13.2 Å². The molecule has 3 aromatic rings. The average molecular weight is 532 g/mol. The van der Waals surface area contributed by atoms with Crippen LogP contribution in [-0.2, 0) is 18.4 Å². The molecule has 37 heavy (non-hydrogen) atoms. The molecule has 0 saturated heterocycles. The summed E-state index contributed by atoms with van der Waals surface area (Å²) in [6.45, 7) is 4.07. The number of halogens is 4. The number of hydrogen-bond acceptors (Lipinski definition) is 6. The molecule has 194 valence electrons. The normalized spacial score (nSPS) is 19.8. The van der Waals surface area contributed by atoms with Gasteiger partial charge in [-0.15, -0.1) is 0 Å². The van der Waals surface area contributed by atoms with Crippen LogP contribution in [0.4, 0.5) is 30.5 Å². The zero-order valence-electron chi connectivity index (χ0n) is 20.1. The topological polar surface area (TPSA) is 90.4 Å². The lowest BCUT2D eigenvalue weighted by atomic mass is 9.99. The SMILES string of the molecule is C[C@@H](Nc1nc(C(=O)O)nc2c1N(Cc1ccc(C(F)(F)F)cc1)C(C)(c1ccccc1Cl)N2)C1CC1. The van der Waals surface area contributed by atoms with Gasteiger partial charge in [0, 0.05) is 23.2 Å². The fraction of sp³-hybridized carbons (Fsp3) is 0.346. The lowest BCUT2D eigenvalue weighted by Crippen LogP contribution is -2.45. The van der Waals surface area contributed by atoms with E-state index in [-0.39, 0.29) is 18.4 Å². The van der Waals surface area contributed by atoms with E-state index in [0.717, 1.165) is 25.0 Å². The predicted octanol–water partition coefficient (Wildman–Crippen LogP) is 6.36. The summed E-state index contributed by atoms with van der Waals surface area (Å²) in [5.41, 5.74) is 0.0954. The molecule has 11 heteroatoms. The van der Waals surface area contributed by atoms with Gasteiger partial charge in [0.1, 0.15) is 11.4 Å². The second-order valence-corrected chi connectivity index (χ2v) is 10.0. The molecule has 2 aromatic carbocycles. The first-order valence-electron chi connectivity index (χ1n) is 11.9. The standard InChI is InChI=1S/C26H25ClF3N5O2/c1-14(16-9-10-16)31-21-20-22(33-23(32-21)24(36)37)34-25(2,18-5-3-4-6-19(18)27)35(20)13-15-7-11-17(12-8-15)26(28,29)30/h3-8,11-12,14,16H,9-10,13H2,1-2H3,(H,36,37)(H2,31,32,33,34)/t14-,25?/m1/s1. The Bertz CT molecular complexity index is 1350. The molecule has 5 rings (SSSR count). The van der Waals surface area contributed by atoms with Crippen molar-refractivity contribution in [2.24, 2.45) is 5.92 Å². The number of carboxylic acid groups (broad SMARTS) is 1. The van der Waals surface area contributed by atoms with Gasteiger partial charge in [-0.05, 0) is 56.4 Å². The van der Waals surface area contributed by atoms with Crippen molar-refractivity contribution in [3.8, 4) is 0 Å². The van der Waals surface area contributed by atoms with E-state index in [2.05, 4.69) is 20.6 Å². The molecule has 1 unspecified atom stereocenters. The second kappa shape index (κ2) is 9.09. The van der Waals surface area contributed by atoms with E-state index in [1.54, 1.807) is 12.1 Å². The zero-order valence-corrected chi connectivity index (χ0v) is 20.9. The highest BCUT2D eigenvalue weighted by molar-refractivity contribution is 6.31. The molecular formula is C26H25ClF3N5O2. The Balaban J connectivity index is 1.63. The van der Waals surface area contributed by atoms with Crippen molar-refractivity contribution in [3.05, 3.63) is 76.1 Å². The Kier molecular flexibility index (Phi) is 6.18. The molecule has 0 bridgehead atoms. The van der Waals surface area contributed by atoms with E-state index in [4.69, 9.17) is 11.6 Å². The first-order valence-corrected chi connectivity index (χ1v) is 12.2. The van der Waals surface area contributed by atoms with Gasteiger partial charge in [-0.1, -0.05) is 41.9 Å². The van der Waals surface area contributed by atoms with Crippen LogP contribution in [0.25, 0.3) is 0 Å². The maximum Gasteiger partial charge on any atom is 0.416 e. The minimum atomic E-state index is -4.44. The van der Waals surface area contributed by atoms with Crippen LogP contribution in [0.1, 0.15) is 54.0 Å². The van der Waals surface area contributed by atoms with Crippen molar-refractivity contribution in [1.29, 1.82) is 0 Å². The number of nitrogens with one attached hydrogen (secondary N) is 2. The van der Waals surface area contributed by atoms with Gasteiger partial charge in [0.25, 0.3) is 0 Å². The summed E-state index contributed by atoms with van der Waals surface area (Å²) in [5.74, 6) is -0.544. The smallest absolute Gasteiger partial charge is 0.416 e. The molecule has 7 nitrogen and oxygen atoms in total. The highest BCUT2D eigenvalue weighted by Gasteiger charge is 2.46. The van der Waals surface area contributed by atoms with E-state index < -0.39 is 23.4 Å². The van der Waals surface area contributed by atoms with E-state index in [1.807, 2.05) is 30.9 Å². The maximum absolute atomic E-state index is 13.2. The molecule has 2 aliphatic rings. The average Bonchev–Trinajstić information content (AvgIpc) is 3.64. The number of aromatic nitrogens is 2. The van der Waals surface area contributed by atoms with Crippen molar-refractivity contribution in [2.45, 2.75) is 51.1 Å². The number of anilines is 3. The second-order valence-electron chi connectivity index (χ2n) is 9.63. The van der Waals surface area contributed by atoms with Crippen LogP contribution in [0.2, 0.25) is 5.02 Å². The monoisotopic (exact) mass is 531 g/mol. The van der Waals surface area contributed by atoms with Gasteiger partial charge in [0.05, 0.1) is 5.56 Å². The molecule has 1 aliphatic heterocycles. The Morgan fingerprint density at radius 3 is 2.49 bits per heavy atom. The summed E-state index contributed by atoms with van der Waals surface area (Å²) in [7, 11) is 0. The molecule has 3 N–H and O–H groups in total. The number of carbonyl (C=O) groups is 1. The summed E-state index contributed by atoms with van der Waals surface area (Å²) in [6.07, 6.45) is -2.31. The first kappa shape index (κ1) is 25.1. The zero-order chi connectivity index (χ0) is 26.5. The summed E-state index contributed by atoms with van der Waals surface area (Å²) >= 11 is 6.59. The number of nitrogens with zero attached hydrogens (tertiary/aromatic N) is 3. The molecule has 0 amide bonds. The van der Waals surface area contributed by atoms with Crippen LogP contribution >= 0.6 is 11.6 Å². The Hall–Kier alpha value is -3.53. The molecule has 0 radical (unpaired) electrons. The third-order valence-electron chi connectivity index (χ3n) is 6.96. The van der Waals surface area contributed by atoms with Crippen LogP contribution in [0.15, 0.2) is 48.5 Å². The maximum atomic E-state index is 13.2. The molecule has 1 aliphatic carbocycles. The third-order valence-corrected chi connectivity index (χ3v) is 7.29. The van der Waals surface area contributed by atoms with Gasteiger partial charge >= 0.3 is 12.1 Å². The largest absolute Gasteiger partial charge is 0.475 e. The summed E-state index contributed by atoms with van der Waals surface area (Å²) in [5, 5.41) is 16.8. The van der Waals surface area contributed by atoms with E-state index in [9.17, 15) is 23.1 Å². The molecule has 1 saturated carbocycles. The molecule has 1 aromatic heterocycles. The van der Waals surface area contributed by atoms with Crippen molar-refractivity contribution in [3.63, 3.8) is 0 Å². The van der Waals surface area contributed by atoms with Crippen LogP contribution in [0.5, 0.6) is 0 Å². The number of alkyl halides is 3. The summed E-state index contributed by atoms with van der Waals surface area (Å²) < 4.78 is 39.5. The number of hydrogen-bond donors (Lipinski definition) is 3. The minimum absolute atomic E-state index is 0.0423. The molecular weight excluding hydrogens is 507 g/mol. The lowest BCUT2D eigenvalue weighted by molar-refractivity contribution is -0.137.